The molecule has 1 saturated carbocycles. The summed E-state index contributed by atoms with van der Waals surface area (Å²) in [5.74, 6) is 0.774. The zero-order chi connectivity index (χ0) is 10.2. The van der Waals surface area contributed by atoms with Crippen LogP contribution in [0.15, 0.2) is 0 Å². The molecular formula is C12H20O2. The minimum absolute atomic E-state index is 0.387. The van der Waals surface area contributed by atoms with Crippen molar-refractivity contribution < 1.29 is 9.59 Å². The highest BCUT2D eigenvalue weighted by atomic mass is 16.1. The normalized spacial score (nSPS) is 22.6. The molecule has 0 aromatic heterocycles. The first-order valence-electron chi connectivity index (χ1n) is 5.82. The van der Waals surface area contributed by atoms with Crippen LogP contribution in [0.25, 0.3) is 0 Å². The zero-order valence-corrected chi connectivity index (χ0v) is 8.89. The predicted octanol–water partition coefficient (Wildman–Crippen LogP) is 3.04. The van der Waals surface area contributed by atoms with Crippen molar-refractivity contribution in [2.45, 2.75) is 64.2 Å². The lowest BCUT2D eigenvalue weighted by molar-refractivity contribution is -0.121. The molecule has 2 nitrogen and oxygen atoms in total. The molecule has 0 spiro atoms. The minimum Gasteiger partial charge on any atom is -0.300 e. The third-order valence-electron chi connectivity index (χ3n) is 2.82. The lowest BCUT2D eigenvalue weighted by Crippen LogP contribution is -2.02. The molecule has 0 heterocycles. The number of ketones is 2. The lowest BCUT2D eigenvalue weighted by Gasteiger charge is -2.05. The fourth-order valence-corrected chi connectivity index (χ4v) is 1.89. The van der Waals surface area contributed by atoms with Crippen LogP contribution in [-0.2, 0) is 9.59 Å². The van der Waals surface area contributed by atoms with Gasteiger partial charge in [0.05, 0.1) is 0 Å². The van der Waals surface area contributed by atoms with Gasteiger partial charge >= 0.3 is 0 Å². The maximum Gasteiger partial charge on any atom is 0.132 e. The first-order chi connectivity index (χ1) is 6.79. The van der Waals surface area contributed by atoms with Gasteiger partial charge in [-0.3, -0.25) is 9.59 Å². The summed E-state index contributed by atoms with van der Waals surface area (Å²) >= 11 is 0. The van der Waals surface area contributed by atoms with E-state index in [4.69, 9.17) is 0 Å². The van der Waals surface area contributed by atoms with Crippen molar-refractivity contribution in [3.8, 4) is 0 Å². The number of hydrogen-bond donors (Lipinski definition) is 0. The molecule has 0 aromatic carbocycles. The third-order valence-corrected chi connectivity index (χ3v) is 2.82. The van der Waals surface area contributed by atoms with E-state index in [0.29, 0.717) is 24.4 Å². The minimum atomic E-state index is 0.387. The van der Waals surface area contributed by atoms with Gasteiger partial charge in [0.2, 0.25) is 0 Å². The van der Waals surface area contributed by atoms with Gasteiger partial charge in [-0.2, -0.15) is 0 Å². The molecule has 0 aliphatic heterocycles. The molecule has 2 heteroatoms. The van der Waals surface area contributed by atoms with E-state index in [-0.39, 0.29) is 0 Å². The molecule has 1 aliphatic rings. The topological polar surface area (TPSA) is 34.1 Å². The second-order valence-electron chi connectivity index (χ2n) is 4.20. The van der Waals surface area contributed by atoms with E-state index in [1.807, 2.05) is 0 Å². The summed E-state index contributed by atoms with van der Waals surface area (Å²) in [6.45, 7) is 0. The Bertz CT molecular complexity index is 174. The van der Waals surface area contributed by atoms with Crippen LogP contribution in [-0.4, -0.2) is 11.6 Å². The van der Waals surface area contributed by atoms with E-state index in [2.05, 4.69) is 0 Å². The van der Waals surface area contributed by atoms with Crippen molar-refractivity contribution in [1.82, 2.24) is 0 Å². The molecule has 0 saturated heterocycles. The van der Waals surface area contributed by atoms with E-state index in [1.54, 1.807) is 0 Å². The van der Waals surface area contributed by atoms with Crippen LogP contribution >= 0.6 is 0 Å². The standard InChI is InChI=1S/C12H20O2/c13-11-7-3-1-2-4-8-12(14)10-6-5-9-11/h1-10H2. The summed E-state index contributed by atoms with van der Waals surface area (Å²) in [4.78, 5) is 22.6. The average Bonchev–Trinajstić information content (AvgIpc) is 2.16. The summed E-state index contributed by atoms with van der Waals surface area (Å²) in [5, 5.41) is 0. The molecule has 1 aliphatic carbocycles. The lowest BCUT2D eigenvalue weighted by atomic mass is 10.00. The molecule has 0 bridgehead atoms. The predicted molar refractivity (Wildman–Crippen MR) is 56.2 cm³/mol. The van der Waals surface area contributed by atoms with Gasteiger partial charge in [-0.25, -0.2) is 0 Å². The molecule has 0 unspecified atom stereocenters. The van der Waals surface area contributed by atoms with Crippen molar-refractivity contribution in [2.24, 2.45) is 0 Å². The number of carbonyl (C=O) groups excluding carboxylic acids is 2. The van der Waals surface area contributed by atoms with Gasteiger partial charge in [0.25, 0.3) is 0 Å². The molecule has 0 amide bonds. The van der Waals surface area contributed by atoms with Gasteiger partial charge in [0.1, 0.15) is 11.6 Å². The van der Waals surface area contributed by atoms with Crippen molar-refractivity contribution in [3.63, 3.8) is 0 Å². The molecule has 14 heavy (non-hydrogen) atoms. The van der Waals surface area contributed by atoms with Gasteiger partial charge < -0.3 is 0 Å². The maximum atomic E-state index is 11.3. The Kier molecular flexibility index (Phi) is 5.50. The fourth-order valence-electron chi connectivity index (χ4n) is 1.89. The Morgan fingerprint density at radius 1 is 0.500 bits per heavy atom. The molecule has 0 atom stereocenters. The number of hydrogen-bond acceptors (Lipinski definition) is 2. The molecular weight excluding hydrogens is 176 g/mol. The van der Waals surface area contributed by atoms with Crippen molar-refractivity contribution in [2.75, 3.05) is 0 Å². The van der Waals surface area contributed by atoms with Gasteiger partial charge in [-0.1, -0.05) is 12.8 Å². The summed E-state index contributed by atoms with van der Waals surface area (Å²) in [6, 6.07) is 0. The second-order valence-corrected chi connectivity index (χ2v) is 4.20. The largest absolute Gasteiger partial charge is 0.300 e. The summed E-state index contributed by atoms with van der Waals surface area (Å²) in [5.41, 5.74) is 0. The van der Waals surface area contributed by atoms with Crippen molar-refractivity contribution >= 4 is 11.6 Å². The molecule has 0 N–H and O–H groups in total. The first kappa shape index (κ1) is 11.4. The summed E-state index contributed by atoms with van der Waals surface area (Å²) < 4.78 is 0. The summed E-state index contributed by atoms with van der Waals surface area (Å²) in [7, 11) is 0. The average molecular weight is 196 g/mol. The van der Waals surface area contributed by atoms with Gasteiger partial charge in [0, 0.05) is 25.7 Å². The van der Waals surface area contributed by atoms with Crippen molar-refractivity contribution in [3.05, 3.63) is 0 Å². The van der Waals surface area contributed by atoms with Crippen LogP contribution in [0.2, 0.25) is 0 Å². The quantitative estimate of drug-likeness (QED) is 0.596. The van der Waals surface area contributed by atoms with E-state index in [9.17, 15) is 9.59 Å². The fraction of sp³-hybridized carbons (Fsp3) is 0.833. The molecule has 1 fully saturated rings. The van der Waals surface area contributed by atoms with Crippen LogP contribution < -0.4 is 0 Å². The third kappa shape index (κ3) is 5.15. The van der Waals surface area contributed by atoms with Crippen LogP contribution in [0, 0.1) is 0 Å². The Balaban J connectivity index is 2.27. The monoisotopic (exact) mass is 196 g/mol. The molecule has 80 valence electrons. The smallest absolute Gasteiger partial charge is 0.132 e. The van der Waals surface area contributed by atoms with E-state index in [0.717, 1.165) is 51.4 Å². The van der Waals surface area contributed by atoms with Crippen LogP contribution in [0.3, 0.4) is 0 Å². The van der Waals surface area contributed by atoms with Crippen molar-refractivity contribution in [1.29, 1.82) is 0 Å². The highest BCUT2D eigenvalue weighted by molar-refractivity contribution is 5.79. The Morgan fingerprint density at radius 2 is 0.786 bits per heavy atom. The summed E-state index contributed by atoms with van der Waals surface area (Å²) in [6.07, 6.45) is 8.97. The Labute approximate surface area is 86.1 Å². The second kappa shape index (κ2) is 6.74. The van der Waals surface area contributed by atoms with E-state index in [1.165, 1.54) is 0 Å². The molecule has 0 aromatic rings. The maximum absolute atomic E-state index is 11.3. The number of rotatable bonds is 0. The zero-order valence-electron chi connectivity index (χ0n) is 8.89. The van der Waals surface area contributed by atoms with Gasteiger partial charge in [0.15, 0.2) is 0 Å². The number of carbonyl (C=O) groups is 2. The molecule has 1 rings (SSSR count). The van der Waals surface area contributed by atoms with Crippen LogP contribution in [0.4, 0.5) is 0 Å². The highest BCUT2D eigenvalue weighted by Crippen LogP contribution is 2.12. The highest BCUT2D eigenvalue weighted by Gasteiger charge is 2.06. The molecule has 0 radical (unpaired) electrons. The van der Waals surface area contributed by atoms with Gasteiger partial charge in [-0.15, -0.1) is 0 Å². The first-order valence-corrected chi connectivity index (χ1v) is 5.82. The van der Waals surface area contributed by atoms with Crippen LogP contribution in [0.5, 0.6) is 0 Å². The van der Waals surface area contributed by atoms with E-state index < -0.39 is 0 Å². The number of Topliss-reactive ketones (excluding diaryl/α,β-unsaturated/α-hetero) is 2. The Hall–Kier alpha value is -0.660. The van der Waals surface area contributed by atoms with E-state index >= 15 is 0 Å². The van der Waals surface area contributed by atoms with Crippen LogP contribution in [0.1, 0.15) is 64.2 Å². The van der Waals surface area contributed by atoms with Gasteiger partial charge in [-0.05, 0) is 25.7 Å². The SMILES string of the molecule is O=C1CCCCCCC(=O)CCCC1. The Morgan fingerprint density at radius 3 is 1.14 bits per heavy atom.